The number of carbonyl (C=O) groups excluding carboxylic acids is 2. The molecule has 0 fully saturated rings. The van der Waals surface area contributed by atoms with Gasteiger partial charge in [0.25, 0.3) is 5.91 Å². The maximum absolute atomic E-state index is 12.2. The summed E-state index contributed by atoms with van der Waals surface area (Å²) in [6.45, 7) is 3.53. The van der Waals surface area contributed by atoms with E-state index >= 15 is 0 Å². The summed E-state index contributed by atoms with van der Waals surface area (Å²) in [5.74, 6) is -2.54. The minimum atomic E-state index is -1.87. The van der Waals surface area contributed by atoms with Gasteiger partial charge in [0.2, 0.25) is 11.6 Å². The van der Waals surface area contributed by atoms with Crippen LogP contribution in [-0.4, -0.2) is 33.5 Å². The number of amides is 2. The molecule has 1 rings (SSSR count). The number of rotatable bonds is 8. The Labute approximate surface area is 134 Å². The van der Waals surface area contributed by atoms with E-state index in [-0.39, 0.29) is 12.0 Å². The molecule has 7 heteroatoms. The largest absolute Gasteiger partial charge is 0.478 e. The summed E-state index contributed by atoms with van der Waals surface area (Å²) in [7, 11) is 0. The molecular formula is C16H21N3O4. The van der Waals surface area contributed by atoms with Crippen molar-refractivity contribution in [3.63, 3.8) is 0 Å². The Bertz CT molecular complexity index is 586. The molecule has 2 amide bonds. The van der Waals surface area contributed by atoms with Crippen LogP contribution < -0.4 is 10.6 Å². The summed E-state index contributed by atoms with van der Waals surface area (Å²) in [4.78, 5) is 39.5. The van der Waals surface area contributed by atoms with Crippen LogP contribution in [0.4, 0.5) is 0 Å². The predicted octanol–water partition coefficient (Wildman–Crippen LogP) is 1.47. The van der Waals surface area contributed by atoms with Gasteiger partial charge in [-0.2, -0.15) is 0 Å². The molecule has 0 radical (unpaired) electrons. The Hall–Kier alpha value is -2.70. The topological polar surface area (TPSA) is 108 Å². The number of nitrogens with zero attached hydrogens (tertiary/aromatic N) is 1. The summed E-state index contributed by atoms with van der Waals surface area (Å²) in [6.07, 6.45) is 7.32. The average Bonchev–Trinajstić information content (AvgIpc) is 2.55. The summed E-state index contributed by atoms with van der Waals surface area (Å²) < 4.78 is 0. The maximum atomic E-state index is 12.2. The first-order valence-electron chi connectivity index (χ1n) is 7.39. The van der Waals surface area contributed by atoms with E-state index < -0.39 is 23.4 Å². The van der Waals surface area contributed by atoms with Crippen LogP contribution in [0, 0.1) is 0 Å². The van der Waals surface area contributed by atoms with Gasteiger partial charge in [0, 0.05) is 12.4 Å². The lowest BCUT2D eigenvalue weighted by atomic mass is 10.1. The monoisotopic (exact) mass is 319 g/mol. The highest BCUT2D eigenvalue weighted by Crippen LogP contribution is 2.09. The number of hydrogen-bond acceptors (Lipinski definition) is 4. The summed E-state index contributed by atoms with van der Waals surface area (Å²) in [6, 6.07) is 3.07. The zero-order valence-corrected chi connectivity index (χ0v) is 13.2. The number of pyridine rings is 1. The highest BCUT2D eigenvalue weighted by molar-refractivity contribution is 5.99. The normalized spacial score (nSPS) is 13.3. The Morgan fingerprint density at radius 3 is 2.57 bits per heavy atom. The molecule has 0 bridgehead atoms. The van der Waals surface area contributed by atoms with Gasteiger partial charge in [-0.05, 0) is 31.1 Å². The average molecular weight is 319 g/mol. The van der Waals surface area contributed by atoms with E-state index in [2.05, 4.69) is 15.6 Å². The van der Waals surface area contributed by atoms with Crippen LogP contribution in [0.2, 0.25) is 0 Å². The summed E-state index contributed by atoms with van der Waals surface area (Å²) in [5, 5.41) is 14.2. The molecule has 0 aromatic carbocycles. The van der Waals surface area contributed by atoms with Gasteiger partial charge in [-0.1, -0.05) is 26.3 Å². The first-order valence-corrected chi connectivity index (χ1v) is 7.39. The van der Waals surface area contributed by atoms with Gasteiger partial charge in [0.05, 0.1) is 5.56 Å². The number of carbonyl (C=O) groups is 3. The van der Waals surface area contributed by atoms with Crippen molar-refractivity contribution in [1.82, 2.24) is 15.6 Å². The third kappa shape index (κ3) is 5.21. The molecule has 1 aromatic heterocycles. The van der Waals surface area contributed by atoms with E-state index in [9.17, 15) is 19.5 Å². The number of unbranched alkanes of at least 4 members (excludes halogenated alkanes) is 1. The number of aromatic nitrogens is 1. The van der Waals surface area contributed by atoms with Crippen LogP contribution in [0.15, 0.2) is 36.7 Å². The highest BCUT2D eigenvalue weighted by Gasteiger charge is 2.39. The molecule has 0 aliphatic heterocycles. The Balaban J connectivity index is 2.92. The molecule has 1 unspecified atom stereocenters. The van der Waals surface area contributed by atoms with Crippen LogP contribution in [0.5, 0.6) is 0 Å². The zero-order chi connectivity index (χ0) is 17.3. The lowest BCUT2D eigenvalue weighted by Crippen LogP contribution is -2.65. The van der Waals surface area contributed by atoms with Crippen molar-refractivity contribution in [2.24, 2.45) is 0 Å². The van der Waals surface area contributed by atoms with Crippen LogP contribution >= 0.6 is 0 Å². The molecule has 1 heterocycles. The van der Waals surface area contributed by atoms with Crippen molar-refractivity contribution in [3.05, 3.63) is 42.2 Å². The molecule has 3 N–H and O–H groups in total. The van der Waals surface area contributed by atoms with Gasteiger partial charge >= 0.3 is 5.97 Å². The summed E-state index contributed by atoms with van der Waals surface area (Å²) in [5.41, 5.74) is -1.66. The first kappa shape index (κ1) is 18.3. The van der Waals surface area contributed by atoms with Crippen molar-refractivity contribution in [1.29, 1.82) is 0 Å². The molecule has 1 atom stereocenters. The fourth-order valence-corrected chi connectivity index (χ4v) is 1.84. The van der Waals surface area contributed by atoms with Crippen LogP contribution in [-0.2, 0) is 9.59 Å². The van der Waals surface area contributed by atoms with Crippen molar-refractivity contribution < 1.29 is 19.5 Å². The number of allylic oxidation sites excluding steroid dienone is 1. The molecule has 7 nitrogen and oxygen atoms in total. The van der Waals surface area contributed by atoms with Crippen molar-refractivity contribution in [2.45, 2.75) is 38.8 Å². The first-order chi connectivity index (χ1) is 10.9. The standard InChI is InChI=1S/C16H21N3O4/c1-3-5-6-9-13(20)18-16(4-2,15(22)23)19-14(21)12-8-7-10-17-11-12/h6-11H,3-5H2,1-2H3,(H,18,20)(H,19,21)(H,22,23). The van der Waals surface area contributed by atoms with E-state index in [0.717, 1.165) is 6.42 Å². The van der Waals surface area contributed by atoms with Gasteiger partial charge in [-0.15, -0.1) is 0 Å². The molecule has 0 spiro atoms. The number of aliphatic carboxylic acids is 1. The van der Waals surface area contributed by atoms with Gasteiger partial charge in [0.1, 0.15) is 0 Å². The van der Waals surface area contributed by atoms with Crippen LogP contribution in [0.25, 0.3) is 0 Å². The second-order valence-corrected chi connectivity index (χ2v) is 4.94. The van der Waals surface area contributed by atoms with Gasteiger partial charge in [0.15, 0.2) is 0 Å². The van der Waals surface area contributed by atoms with E-state index in [1.165, 1.54) is 24.5 Å². The van der Waals surface area contributed by atoms with Gasteiger partial charge in [-0.25, -0.2) is 4.79 Å². The number of nitrogens with one attached hydrogen (secondary N) is 2. The number of carboxylic acids is 1. The molecule has 1 aromatic rings. The van der Waals surface area contributed by atoms with Crippen molar-refractivity contribution in [2.75, 3.05) is 0 Å². The minimum absolute atomic E-state index is 0.0122. The molecule has 0 saturated carbocycles. The maximum Gasteiger partial charge on any atom is 0.350 e. The lowest BCUT2D eigenvalue weighted by Gasteiger charge is -2.29. The molecule has 0 saturated heterocycles. The van der Waals surface area contributed by atoms with Crippen LogP contribution in [0.1, 0.15) is 43.5 Å². The molecule has 0 aliphatic carbocycles. The molecular weight excluding hydrogens is 298 g/mol. The second-order valence-electron chi connectivity index (χ2n) is 4.94. The smallest absolute Gasteiger partial charge is 0.350 e. The fraction of sp³-hybridized carbons (Fsp3) is 0.375. The fourth-order valence-electron chi connectivity index (χ4n) is 1.84. The minimum Gasteiger partial charge on any atom is -0.478 e. The van der Waals surface area contributed by atoms with Gasteiger partial charge < -0.3 is 15.7 Å². The van der Waals surface area contributed by atoms with Crippen molar-refractivity contribution in [3.8, 4) is 0 Å². The van der Waals surface area contributed by atoms with Crippen LogP contribution in [0.3, 0.4) is 0 Å². The third-order valence-corrected chi connectivity index (χ3v) is 3.21. The molecule has 0 aliphatic rings. The number of carboxylic acid groups (broad SMARTS) is 1. The molecule has 124 valence electrons. The Morgan fingerprint density at radius 1 is 1.30 bits per heavy atom. The zero-order valence-electron chi connectivity index (χ0n) is 13.2. The lowest BCUT2D eigenvalue weighted by molar-refractivity contribution is -0.148. The molecule has 23 heavy (non-hydrogen) atoms. The second kappa shape index (κ2) is 8.67. The predicted molar refractivity (Wildman–Crippen MR) is 84.6 cm³/mol. The Morgan fingerprint density at radius 2 is 2.04 bits per heavy atom. The third-order valence-electron chi connectivity index (χ3n) is 3.21. The summed E-state index contributed by atoms with van der Waals surface area (Å²) >= 11 is 0. The Kier molecular flexibility index (Phi) is 6.92. The van der Waals surface area contributed by atoms with E-state index in [1.807, 2.05) is 6.92 Å². The van der Waals surface area contributed by atoms with Crippen molar-refractivity contribution >= 4 is 17.8 Å². The van der Waals surface area contributed by atoms with E-state index in [1.54, 1.807) is 19.1 Å². The van der Waals surface area contributed by atoms with Gasteiger partial charge in [-0.3, -0.25) is 14.6 Å². The number of hydrogen-bond donors (Lipinski definition) is 3. The highest BCUT2D eigenvalue weighted by atomic mass is 16.4. The SMILES string of the molecule is CCCC=CC(=O)NC(CC)(NC(=O)c1cccnc1)C(=O)O. The van der Waals surface area contributed by atoms with E-state index in [0.29, 0.717) is 6.42 Å². The quantitative estimate of drug-likeness (QED) is 0.497. The van der Waals surface area contributed by atoms with E-state index in [4.69, 9.17) is 0 Å².